The largest absolute Gasteiger partial charge is 0.454 e. The van der Waals surface area contributed by atoms with Crippen LogP contribution >= 0.6 is 0 Å². The van der Waals surface area contributed by atoms with Gasteiger partial charge >= 0.3 is 0 Å². The van der Waals surface area contributed by atoms with Gasteiger partial charge in [-0.25, -0.2) is 0 Å². The Morgan fingerprint density at radius 2 is 2.17 bits per heavy atom. The van der Waals surface area contributed by atoms with Crippen molar-refractivity contribution >= 4 is 0 Å². The van der Waals surface area contributed by atoms with E-state index in [1.807, 2.05) is 24.5 Å². The van der Waals surface area contributed by atoms with Crippen molar-refractivity contribution in [3.8, 4) is 11.5 Å². The summed E-state index contributed by atoms with van der Waals surface area (Å²) in [4.78, 5) is 3.05. The summed E-state index contributed by atoms with van der Waals surface area (Å²) in [5.74, 6) is 1.67. The SMILES string of the molecule is CC(NCc1cc[nH]c1)c1ccc2c(c1)OCO2. The molecule has 0 aliphatic carbocycles. The van der Waals surface area contributed by atoms with E-state index >= 15 is 0 Å². The van der Waals surface area contributed by atoms with Gasteiger partial charge in [-0.15, -0.1) is 0 Å². The molecule has 1 aromatic carbocycles. The monoisotopic (exact) mass is 244 g/mol. The summed E-state index contributed by atoms with van der Waals surface area (Å²) < 4.78 is 10.7. The Morgan fingerprint density at radius 1 is 1.28 bits per heavy atom. The molecular formula is C14H16N2O2. The molecule has 0 bridgehead atoms. The summed E-state index contributed by atoms with van der Waals surface area (Å²) in [5, 5.41) is 3.48. The number of nitrogens with one attached hydrogen (secondary N) is 2. The highest BCUT2D eigenvalue weighted by Crippen LogP contribution is 2.34. The van der Waals surface area contributed by atoms with Crippen molar-refractivity contribution in [1.82, 2.24) is 10.3 Å². The molecule has 1 aromatic heterocycles. The van der Waals surface area contributed by atoms with Crippen molar-refractivity contribution in [2.75, 3.05) is 6.79 Å². The molecule has 94 valence electrons. The van der Waals surface area contributed by atoms with Crippen LogP contribution in [0, 0.1) is 0 Å². The van der Waals surface area contributed by atoms with Crippen molar-refractivity contribution in [2.45, 2.75) is 19.5 Å². The fraction of sp³-hybridized carbons (Fsp3) is 0.286. The molecule has 1 atom stereocenters. The average molecular weight is 244 g/mol. The van der Waals surface area contributed by atoms with E-state index in [1.54, 1.807) is 0 Å². The lowest BCUT2D eigenvalue weighted by molar-refractivity contribution is 0.174. The molecule has 0 radical (unpaired) electrons. The molecule has 0 spiro atoms. The highest BCUT2D eigenvalue weighted by atomic mass is 16.7. The maximum absolute atomic E-state index is 5.38. The first-order valence-electron chi connectivity index (χ1n) is 6.07. The minimum Gasteiger partial charge on any atom is -0.454 e. The molecule has 0 fully saturated rings. The quantitative estimate of drug-likeness (QED) is 0.869. The predicted octanol–water partition coefficient (Wildman–Crippen LogP) is 2.59. The third-order valence-corrected chi connectivity index (χ3v) is 3.17. The highest BCUT2D eigenvalue weighted by Gasteiger charge is 2.15. The third-order valence-electron chi connectivity index (χ3n) is 3.17. The van der Waals surface area contributed by atoms with Gasteiger partial charge in [0.15, 0.2) is 11.5 Å². The Bertz CT molecular complexity index is 523. The number of aromatic amines is 1. The number of ether oxygens (including phenoxy) is 2. The second-order valence-corrected chi connectivity index (χ2v) is 4.43. The van der Waals surface area contributed by atoms with Crippen LogP contribution in [0.3, 0.4) is 0 Å². The van der Waals surface area contributed by atoms with Gasteiger partial charge in [-0.05, 0) is 36.2 Å². The number of H-pyrrole nitrogens is 1. The van der Waals surface area contributed by atoms with E-state index in [-0.39, 0.29) is 6.04 Å². The molecule has 18 heavy (non-hydrogen) atoms. The molecule has 1 aliphatic heterocycles. The van der Waals surface area contributed by atoms with Gasteiger partial charge in [0.2, 0.25) is 6.79 Å². The molecule has 1 unspecified atom stereocenters. The van der Waals surface area contributed by atoms with Crippen LogP contribution < -0.4 is 14.8 Å². The van der Waals surface area contributed by atoms with Crippen molar-refractivity contribution in [3.63, 3.8) is 0 Å². The summed E-state index contributed by atoms with van der Waals surface area (Å²) in [6.45, 7) is 3.31. The summed E-state index contributed by atoms with van der Waals surface area (Å²) >= 11 is 0. The zero-order valence-electron chi connectivity index (χ0n) is 10.3. The van der Waals surface area contributed by atoms with Gasteiger partial charge in [-0.2, -0.15) is 0 Å². The Hall–Kier alpha value is -1.94. The van der Waals surface area contributed by atoms with E-state index < -0.39 is 0 Å². The van der Waals surface area contributed by atoms with Gasteiger partial charge in [0.25, 0.3) is 0 Å². The summed E-state index contributed by atoms with van der Waals surface area (Å²) in [6.07, 6.45) is 3.93. The van der Waals surface area contributed by atoms with Crippen LogP contribution in [0.25, 0.3) is 0 Å². The number of rotatable bonds is 4. The topological polar surface area (TPSA) is 46.3 Å². The van der Waals surface area contributed by atoms with Crippen molar-refractivity contribution in [1.29, 1.82) is 0 Å². The maximum atomic E-state index is 5.38. The third kappa shape index (κ3) is 2.19. The van der Waals surface area contributed by atoms with E-state index in [2.05, 4.69) is 29.4 Å². The smallest absolute Gasteiger partial charge is 0.231 e. The highest BCUT2D eigenvalue weighted by molar-refractivity contribution is 5.45. The molecule has 3 rings (SSSR count). The van der Waals surface area contributed by atoms with Gasteiger partial charge in [-0.1, -0.05) is 6.07 Å². The minimum atomic E-state index is 0.273. The number of aromatic nitrogens is 1. The van der Waals surface area contributed by atoms with Crippen LogP contribution in [0.4, 0.5) is 0 Å². The minimum absolute atomic E-state index is 0.273. The van der Waals surface area contributed by atoms with E-state index in [0.717, 1.165) is 18.0 Å². The first-order valence-corrected chi connectivity index (χ1v) is 6.07. The van der Waals surface area contributed by atoms with Crippen LogP contribution in [0.15, 0.2) is 36.7 Å². The molecule has 0 amide bonds. The van der Waals surface area contributed by atoms with Gasteiger partial charge in [0, 0.05) is 25.0 Å². The Balaban J connectivity index is 1.67. The van der Waals surface area contributed by atoms with Crippen LogP contribution in [0.1, 0.15) is 24.1 Å². The fourth-order valence-corrected chi connectivity index (χ4v) is 2.04. The first kappa shape index (κ1) is 11.2. The van der Waals surface area contributed by atoms with Crippen LogP contribution in [-0.2, 0) is 6.54 Å². The van der Waals surface area contributed by atoms with Gasteiger partial charge in [0.1, 0.15) is 0 Å². The Morgan fingerprint density at radius 3 is 3.00 bits per heavy atom. The molecule has 4 heteroatoms. The summed E-state index contributed by atoms with van der Waals surface area (Å²) in [6, 6.07) is 8.42. The lowest BCUT2D eigenvalue weighted by atomic mass is 10.1. The second kappa shape index (κ2) is 4.74. The van der Waals surface area contributed by atoms with Crippen LogP contribution in [0.5, 0.6) is 11.5 Å². The molecule has 2 heterocycles. The van der Waals surface area contributed by atoms with E-state index in [9.17, 15) is 0 Å². The van der Waals surface area contributed by atoms with E-state index in [1.165, 1.54) is 11.1 Å². The van der Waals surface area contributed by atoms with Crippen LogP contribution in [0.2, 0.25) is 0 Å². The standard InChI is InChI=1S/C14H16N2O2/c1-10(16-8-11-4-5-15-7-11)12-2-3-13-14(6-12)18-9-17-13/h2-7,10,15-16H,8-9H2,1H3. The zero-order chi connectivity index (χ0) is 12.4. The molecule has 0 saturated heterocycles. The van der Waals surface area contributed by atoms with Crippen molar-refractivity contribution < 1.29 is 9.47 Å². The number of benzene rings is 1. The molecule has 2 N–H and O–H groups in total. The molecule has 0 saturated carbocycles. The number of fused-ring (bicyclic) bond motifs is 1. The molecule has 4 nitrogen and oxygen atoms in total. The molecular weight excluding hydrogens is 228 g/mol. The average Bonchev–Trinajstić information content (AvgIpc) is 3.05. The van der Waals surface area contributed by atoms with E-state index in [0.29, 0.717) is 6.79 Å². The predicted molar refractivity (Wildman–Crippen MR) is 68.6 cm³/mol. The number of hydrogen-bond donors (Lipinski definition) is 2. The fourth-order valence-electron chi connectivity index (χ4n) is 2.04. The maximum Gasteiger partial charge on any atom is 0.231 e. The first-order chi connectivity index (χ1) is 8.83. The lowest BCUT2D eigenvalue weighted by Crippen LogP contribution is -2.17. The van der Waals surface area contributed by atoms with Crippen molar-refractivity contribution in [3.05, 3.63) is 47.8 Å². The summed E-state index contributed by atoms with van der Waals surface area (Å²) in [7, 11) is 0. The Kier molecular flexibility index (Phi) is 2.94. The van der Waals surface area contributed by atoms with Crippen LogP contribution in [-0.4, -0.2) is 11.8 Å². The van der Waals surface area contributed by atoms with Gasteiger partial charge in [0.05, 0.1) is 0 Å². The summed E-state index contributed by atoms with van der Waals surface area (Å²) in [5.41, 5.74) is 2.46. The normalized spacial score (nSPS) is 14.7. The lowest BCUT2D eigenvalue weighted by Gasteiger charge is -2.14. The van der Waals surface area contributed by atoms with E-state index in [4.69, 9.17) is 9.47 Å². The molecule has 2 aromatic rings. The van der Waals surface area contributed by atoms with Gasteiger partial charge in [-0.3, -0.25) is 0 Å². The Labute approximate surface area is 106 Å². The second-order valence-electron chi connectivity index (χ2n) is 4.43. The van der Waals surface area contributed by atoms with Crippen molar-refractivity contribution in [2.24, 2.45) is 0 Å². The van der Waals surface area contributed by atoms with Gasteiger partial charge < -0.3 is 19.8 Å². The number of hydrogen-bond acceptors (Lipinski definition) is 3. The molecule has 1 aliphatic rings. The zero-order valence-corrected chi connectivity index (χ0v) is 10.3.